The Morgan fingerprint density at radius 3 is 1.89 bits per heavy atom. The first-order valence-electron chi connectivity index (χ1n) is 7.75. The number of hydrogen-bond donors (Lipinski definition) is 0. The van der Waals surface area contributed by atoms with E-state index in [0.29, 0.717) is 0 Å². The van der Waals surface area contributed by atoms with Crippen LogP contribution in [0.25, 0.3) is 22.5 Å². The van der Waals surface area contributed by atoms with Gasteiger partial charge in [-0.25, -0.2) is 15.0 Å². The van der Waals surface area contributed by atoms with Crippen LogP contribution in [-0.4, -0.2) is 15.0 Å². The van der Waals surface area contributed by atoms with Crippen LogP contribution in [0.5, 0.6) is 0 Å². The predicted octanol–water partition coefficient (Wildman–Crippen LogP) is 6.76. The summed E-state index contributed by atoms with van der Waals surface area (Å²) in [5.74, 6) is 0.0524. The molecular weight excluding hydrogens is 471 g/mol. The highest BCUT2D eigenvalue weighted by atomic mass is 35.6. The minimum Gasteiger partial charge on any atom is -0.209 e. The van der Waals surface area contributed by atoms with E-state index in [1.807, 2.05) is 30.3 Å². The van der Waals surface area contributed by atoms with E-state index in [2.05, 4.69) is 27.1 Å². The van der Waals surface area contributed by atoms with Gasteiger partial charge in [0.1, 0.15) is 0 Å². The van der Waals surface area contributed by atoms with Crippen LogP contribution in [0.1, 0.15) is 22.8 Å². The van der Waals surface area contributed by atoms with Crippen molar-refractivity contribution in [2.75, 3.05) is 0 Å². The van der Waals surface area contributed by atoms with Crippen molar-refractivity contribution in [2.24, 2.45) is 0 Å². The Balaban J connectivity index is 1.84. The van der Waals surface area contributed by atoms with Gasteiger partial charge in [-0.2, -0.15) is 0 Å². The molecule has 2 aromatic carbocycles. The number of rotatable bonds is 1. The molecule has 0 amide bonds. The van der Waals surface area contributed by atoms with E-state index in [4.69, 9.17) is 69.6 Å². The molecule has 0 saturated heterocycles. The van der Waals surface area contributed by atoms with Crippen molar-refractivity contribution in [3.05, 3.63) is 65.2 Å². The Hall–Kier alpha value is -0.810. The van der Waals surface area contributed by atoms with Crippen molar-refractivity contribution in [2.45, 2.75) is 14.0 Å². The monoisotopic (exact) mass is 477 g/mol. The van der Waals surface area contributed by atoms with Crippen LogP contribution >= 0.6 is 69.6 Å². The highest BCUT2D eigenvalue weighted by Crippen LogP contribution is 2.42. The molecule has 0 bridgehead atoms. The van der Waals surface area contributed by atoms with E-state index in [1.165, 1.54) is 16.7 Å². The van der Waals surface area contributed by atoms with Crippen LogP contribution in [0.2, 0.25) is 0 Å². The highest BCUT2D eigenvalue weighted by Gasteiger charge is 2.34. The summed E-state index contributed by atoms with van der Waals surface area (Å²) in [5, 5.41) is 0. The summed E-state index contributed by atoms with van der Waals surface area (Å²) in [6, 6.07) is 14.2. The van der Waals surface area contributed by atoms with E-state index < -0.39 is 7.59 Å². The van der Waals surface area contributed by atoms with Gasteiger partial charge in [-0.3, -0.25) is 0 Å². The van der Waals surface area contributed by atoms with Gasteiger partial charge in [0.25, 0.3) is 0 Å². The molecule has 3 nitrogen and oxygen atoms in total. The molecule has 138 valence electrons. The maximum atomic E-state index is 5.94. The molecule has 0 unspecified atom stereocenters. The van der Waals surface area contributed by atoms with Gasteiger partial charge < -0.3 is 0 Å². The molecular formula is C18H9Cl6N3. The smallest absolute Gasteiger partial charge is 0.209 e. The van der Waals surface area contributed by atoms with Crippen LogP contribution in [0, 0.1) is 0 Å². The van der Waals surface area contributed by atoms with Gasteiger partial charge in [-0.15, -0.1) is 0 Å². The lowest BCUT2D eigenvalue weighted by atomic mass is 10.0. The van der Waals surface area contributed by atoms with Crippen molar-refractivity contribution in [3.63, 3.8) is 0 Å². The van der Waals surface area contributed by atoms with Gasteiger partial charge in [0.2, 0.25) is 7.59 Å². The first-order chi connectivity index (χ1) is 12.6. The second kappa shape index (κ2) is 6.91. The minimum absolute atomic E-state index is 0.109. The largest absolute Gasteiger partial charge is 0.250 e. The molecule has 0 atom stereocenters. The summed E-state index contributed by atoms with van der Waals surface area (Å²) in [6.45, 7) is 0. The first-order valence-corrected chi connectivity index (χ1v) is 10.0. The van der Waals surface area contributed by atoms with Gasteiger partial charge in [0.05, 0.1) is 0 Å². The molecule has 0 saturated carbocycles. The Kier molecular flexibility index (Phi) is 4.99. The fourth-order valence-electron chi connectivity index (χ4n) is 3.04. The third-order valence-corrected chi connectivity index (χ3v) is 5.21. The molecule has 0 spiro atoms. The zero-order valence-electron chi connectivity index (χ0n) is 13.4. The van der Waals surface area contributed by atoms with Crippen LogP contribution < -0.4 is 0 Å². The van der Waals surface area contributed by atoms with Crippen LogP contribution in [0.15, 0.2) is 42.5 Å². The number of hydrogen-bond acceptors (Lipinski definition) is 3. The average Bonchev–Trinajstić information content (AvgIpc) is 2.97. The molecule has 1 heterocycles. The molecule has 1 aliphatic carbocycles. The predicted molar refractivity (Wildman–Crippen MR) is 112 cm³/mol. The third-order valence-electron chi connectivity index (χ3n) is 4.19. The fourth-order valence-corrected chi connectivity index (χ4v) is 3.55. The SMILES string of the molecule is ClC(Cl)(Cl)c1nc(-c2ccc3c(c2)Cc2ccccc2-3)nc(C(Cl)(Cl)Cl)n1. The number of halogens is 6. The molecule has 0 radical (unpaired) electrons. The molecule has 1 aliphatic rings. The van der Waals surface area contributed by atoms with Crippen molar-refractivity contribution in [1.29, 1.82) is 0 Å². The van der Waals surface area contributed by atoms with Crippen LogP contribution in [-0.2, 0) is 14.0 Å². The van der Waals surface area contributed by atoms with E-state index in [0.717, 1.165) is 17.5 Å². The molecule has 27 heavy (non-hydrogen) atoms. The number of fused-ring (bicyclic) bond motifs is 3. The third kappa shape index (κ3) is 3.87. The molecule has 1 aromatic heterocycles. The Morgan fingerprint density at radius 1 is 0.667 bits per heavy atom. The van der Waals surface area contributed by atoms with Gasteiger partial charge in [-0.1, -0.05) is 106 Å². The lowest BCUT2D eigenvalue weighted by Crippen LogP contribution is -2.16. The lowest BCUT2D eigenvalue weighted by Gasteiger charge is -2.16. The van der Waals surface area contributed by atoms with Gasteiger partial charge in [0, 0.05) is 5.56 Å². The normalized spacial score (nSPS) is 13.4. The maximum Gasteiger partial charge on any atom is 0.250 e. The van der Waals surface area contributed by atoms with Crippen molar-refractivity contribution < 1.29 is 0 Å². The number of alkyl halides is 6. The van der Waals surface area contributed by atoms with E-state index in [1.54, 1.807) is 0 Å². The second-order valence-electron chi connectivity index (χ2n) is 6.01. The van der Waals surface area contributed by atoms with Crippen LogP contribution in [0.3, 0.4) is 0 Å². The molecule has 4 rings (SSSR count). The summed E-state index contributed by atoms with van der Waals surface area (Å²) < 4.78 is -3.76. The first kappa shape index (κ1) is 19.5. The van der Waals surface area contributed by atoms with Gasteiger partial charge >= 0.3 is 0 Å². The van der Waals surface area contributed by atoms with Gasteiger partial charge in [0.15, 0.2) is 17.5 Å². The summed E-state index contributed by atoms with van der Waals surface area (Å²) in [6.07, 6.45) is 0.819. The topological polar surface area (TPSA) is 38.7 Å². The molecule has 0 aliphatic heterocycles. The van der Waals surface area contributed by atoms with Crippen molar-refractivity contribution in [1.82, 2.24) is 15.0 Å². The quantitative estimate of drug-likeness (QED) is 0.283. The van der Waals surface area contributed by atoms with E-state index in [9.17, 15) is 0 Å². The fraction of sp³-hybridized carbons (Fsp3) is 0.167. The average molecular weight is 480 g/mol. The minimum atomic E-state index is -1.88. The summed E-state index contributed by atoms with van der Waals surface area (Å²) in [5.41, 5.74) is 5.53. The van der Waals surface area contributed by atoms with Crippen molar-refractivity contribution >= 4 is 69.6 Å². The number of nitrogens with zero attached hydrogens (tertiary/aromatic N) is 3. The van der Waals surface area contributed by atoms with Crippen LogP contribution in [0.4, 0.5) is 0 Å². The Morgan fingerprint density at radius 2 is 1.26 bits per heavy atom. The highest BCUT2D eigenvalue weighted by molar-refractivity contribution is 6.67. The number of benzene rings is 2. The summed E-state index contributed by atoms with van der Waals surface area (Å²) in [4.78, 5) is 12.5. The Bertz CT molecular complexity index is 1010. The van der Waals surface area contributed by atoms with E-state index in [-0.39, 0.29) is 17.5 Å². The van der Waals surface area contributed by atoms with Crippen molar-refractivity contribution in [3.8, 4) is 22.5 Å². The second-order valence-corrected chi connectivity index (χ2v) is 10.6. The summed E-state index contributed by atoms with van der Waals surface area (Å²) in [7, 11) is 0. The van der Waals surface area contributed by atoms with Gasteiger partial charge in [-0.05, 0) is 34.7 Å². The summed E-state index contributed by atoms with van der Waals surface area (Å²) >= 11 is 35.7. The maximum absolute atomic E-state index is 5.94. The lowest BCUT2D eigenvalue weighted by molar-refractivity contribution is 0.851. The molecule has 0 fully saturated rings. The zero-order valence-corrected chi connectivity index (χ0v) is 17.9. The van der Waals surface area contributed by atoms with E-state index >= 15 is 0 Å². The molecule has 3 aromatic rings. The number of aromatic nitrogens is 3. The standard InChI is InChI=1S/C18H9Cl6N3/c19-17(20,21)15-25-14(26-16(27-15)18(22,23)24)10-5-6-13-11(8-10)7-9-3-1-2-4-12(9)13/h1-6,8H,7H2. The molecule has 9 heteroatoms. The molecule has 0 N–H and O–H groups in total. The zero-order chi connectivity index (χ0) is 19.4. The Labute approximate surface area is 185 Å².